The fraction of sp³-hybridized carbons (Fsp3) is 0.667. The summed E-state index contributed by atoms with van der Waals surface area (Å²) in [6, 6.07) is 0. The zero-order valence-electron chi connectivity index (χ0n) is 6.38. The van der Waals surface area contributed by atoms with Crippen LogP contribution in [0.1, 0.15) is 20.8 Å². The third-order valence-electron chi connectivity index (χ3n) is 1.53. The number of aliphatic imine (C=N–C) groups is 1. The third-order valence-corrected chi connectivity index (χ3v) is 4.03. The van der Waals surface area contributed by atoms with Gasteiger partial charge >= 0.3 is 73.3 Å². The van der Waals surface area contributed by atoms with E-state index < -0.39 is 0 Å². The second-order valence-electron chi connectivity index (χ2n) is 2.89. The molecule has 0 N–H and O–H groups in total. The molecule has 4 heteroatoms. The first-order chi connectivity index (χ1) is 4.45. The average Bonchev–Trinajstić information content (AvgIpc) is 1.95. The molecule has 1 heterocycles. The van der Waals surface area contributed by atoms with Gasteiger partial charge < -0.3 is 0 Å². The summed E-state index contributed by atoms with van der Waals surface area (Å²) in [6.07, 6.45) is 0. The zero-order chi connectivity index (χ0) is 7.94. The van der Waals surface area contributed by atoms with Crippen LogP contribution in [0.4, 0.5) is 0 Å². The van der Waals surface area contributed by atoms with Crippen LogP contribution in [0.2, 0.25) is 0 Å². The van der Waals surface area contributed by atoms with E-state index in [1.807, 2.05) is 6.92 Å². The Morgan fingerprint density at radius 2 is 2.10 bits per heavy atom. The predicted molar refractivity (Wildman–Crippen MR) is 39.8 cm³/mol. The molecule has 10 heavy (non-hydrogen) atoms. The Hall–Kier alpha value is 0.0932. The standard InChI is InChI=1S/C6H9BN2.W/c1-5-8-6(2,3)4-9(5)7;/h1-3H3;. The molecule has 0 bridgehead atoms. The van der Waals surface area contributed by atoms with Crippen LogP contribution in [0, 0.1) is 0 Å². The van der Waals surface area contributed by atoms with E-state index in [4.69, 9.17) is 7.98 Å². The Labute approximate surface area is 73.5 Å². The Bertz CT molecular complexity index is 210. The SMILES string of the molecule is [B]N1[C](=[W])C(C)(C)N=C1C. The summed E-state index contributed by atoms with van der Waals surface area (Å²) in [5.74, 6) is 0.912. The quantitative estimate of drug-likeness (QED) is 0.586. The van der Waals surface area contributed by atoms with Gasteiger partial charge in [0.15, 0.2) is 0 Å². The van der Waals surface area contributed by atoms with Gasteiger partial charge in [-0.1, -0.05) is 0 Å². The molecule has 52 valence electrons. The van der Waals surface area contributed by atoms with E-state index in [0.717, 1.165) is 5.84 Å². The van der Waals surface area contributed by atoms with Crippen molar-refractivity contribution < 1.29 is 19.4 Å². The number of rotatable bonds is 0. The third kappa shape index (κ3) is 1.12. The Morgan fingerprint density at radius 1 is 1.60 bits per heavy atom. The van der Waals surface area contributed by atoms with Gasteiger partial charge in [-0.05, 0) is 0 Å². The van der Waals surface area contributed by atoms with E-state index in [0.29, 0.717) is 0 Å². The van der Waals surface area contributed by atoms with Crippen molar-refractivity contribution in [3.05, 3.63) is 0 Å². The van der Waals surface area contributed by atoms with Gasteiger partial charge in [0, 0.05) is 0 Å². The van der Waals surface area contributed by atoms with Crippen molar-refractivity contribution in [2.75, 3.05) is 0 Å². The number of hydrogen-bond donors (Lipinski definition) is 0. The molecule has 0 aromatic carbocycles. The second-order valence-corrected chi connectivity index (χ2v) is 4.28. The van der Waals surface area contributed by atoms with Crippen LogP contribution in [-0.2, 0) is 19.4 Å². The molecule has 2 nitrogen and oxygen atoms in total. The van der Waals surface area contributed by atoms with Gasteiger partial charge in [0.25, 0.3) is 0 Å². The zero-order valence-corrected chi connectivity index (χ0v) is 9.31. The molecular formula is C6H9BN2W. The predicted octanol–water partition coefficient (Wildman–Crippen LogP) is 0.259. The van der Waals surface area contributed by atoms with Gasteiger partial charge in [-0.3, -0.25) is 0 Å². The van der Waals surface area contributed by atoms with Crippen LogP contribution in [0.25, 0.3) is 0 Å². The van der Waals surface area contributed by atoms with Crippen LogP contribution < -0.4 is 0 Å². The van der Waals surface area contributed by atoms with Crippen LogP contribution in [0.3, 0.4) is 0 Å². The van der Waals surface area contributed by atoms with Gasteiger partial charge in [-0.2, -0.15) is 0 Å². The molecule has 1 rings (SSSR count). The summed E-state index contributed by atoms with van der Waals surface area (Å²) in [5.41, 5.74) is -0.0613. The average molecular weight is 304 g/mol. The maximum atomic E-state index is 5.68. The van der Waals surface area contributed by atoms with Gasteiger partial charge in [0.1, 0.15) is 0 Å². The number of amidine groups is 1. The van der Waals surface area contributed by atoms with Crippen LogP contribution >= 0.6 is 0 Å². The van der Waals surface area contributed by atoms with E-state index in [-0.39, 0.29) is 5.54 Å². The van der Waals surface area contributed by atoms with E-state index >= 15 is 0 Å². The molecule has 0 fully saturated rings. The van der Waals surface area contributed by atoms with Crippen LogP contribution in [0.5, 0.6) is 0 Å². The molecule has 0 aliphatic carbocycles. The van der Waals surface area contributed by atoms with Gasteiger partial charge in [0.2, 0.25) is 0 Å². The number of nitrogens with zero attached hydrogens (tertiary/aromatic N) is 2. The molecule has 2 radical (unpaired) electrons. The first-order valence-electron chi connectivity index (χ1n) is 3.11. The van der Waals surface area contributed by atoms with Crippen LogP contribution in [-0.4, -0.2) is 28.2 Å². The van der Waals surface area contributed by atoms with Gasteiger partial charge in [-0.25, -0.2) is 0 Å². The Balaban J connectivity index is 2.98. The fourth-order valence-corrected chi connectivity index (χ4v) is 1.59. The summed E-state index contributed by atoms with van der Waals surface area (Å²) in [4.78, 5) is 6.06. The second kappa shape index (κ2) is 2.30. The molecule has 0 saturated heterocycles. The first kappa shape index (κ1) is 8.19. The molecule has 0 aromatic rings. The molecule has 0 amide bonds. The Morgan fingerprint density at radius 3 is 2.20 bits per heavy atom. The molecule has 0 unspecified atom stereocenters. The van der Waals surface area contributed by atoms with Crippen molar-refractivity contribution in [1.29, 1.82) is 0 Å². The van der Waals surface area contributed by atoms with E-state index in [9.17, 15) is 0 Å². The first-order valence-corrected chi connectivity index (χ1v) is 4.57. The molecule has 1 aliphatic rings. The summed E-state index contributed by atoms with van der Waals surface area (Å²) < 4.78 is 1.19. The summed E-state index contributed by atoms with van der Waals surface area (Å²) in [6.45, 7) is 6.08. The molecule has 0 spiro atoms. The van der Waals surface area contributed by atoms with E-state index in [2.05, 4.69) is 18.8 Å². The van der Waals surface area contributed by atoms with Crippen molar-refractivity contribution in [1.82, 2.24) is 4.81 Å². The minimum absolute atomic E-state index is 0.0613. The number of hydrogen-bond acceptors (Lipinski definition) is 2. The monoisotopic (exact) mass is 304 g/mol. The minimum atomic E-state index is -0.0613. The Kier molecular flexibility index (Phi) is 1.88. The van der Waals surface area contributed by atoms with Gasteiger partial charge in [0.05, 0.1) is 0 Å². The molecular weight excluding hydrogens is 295 g/mol. The topological polar surface area (TPSA) is 15.6 Å². The van der Waals surface area contributed by atoms with Crippen molar-refractivity contribution in [3.63, 3.8) is 0 Å². The summed E-state index contributed by atoms with van der Waals surface area (Å²) >= 11 is 1.39. The van der Waals surface area contributed by atoms with Gasteiger partial charge in [-0.15, -0.1) is 0 Å². The molecule has 0 atom stereocenters. The van der Waals surface area contributed by atoms with Crippen molar-refractivity contribution >= 4 is 17.8 Å². The van der Waals surface area contributed by atoms with Crippen LogP contribution in [0.15, 0.2) is 4.99 Å². The summed E-state index contributed by atoms with van der Waals surface area (Å²) in [5, 5.41) is 0. The van der Waals surface area contributed by atoms with E-state index in [1.165, 1.54) is 23.4 Å². The summed E-state index contributed by atoms with van der Waals surface area (Å²) in [7, 11) is 5.68. The molecule has 1 aliphatic heterocycles. The van der Waals surface area contributed by atoms with E-state index in [1.54, 1.807) is 4.81 Å². The molecule has 0 saturated carbocycles. The van der Waals surface area contributed by atoms with Crippen molar-refractivity contribution in [2.24, 2.45) is 4.99 Å². The molecule has 0 aromatic heterocycles. The maximum absolute atomic E-state index is 5.68. The van der Waals surface area contributed by atoms with Crippen molar-refractivity contribution in [2.45, 2.75) is 26.3 Å². The normalized spacial score (nSPS) is 23.3. The fourth-order valence-electron chi connectivity index (χ4n) is 0.948. The van der Waals surface area contributed by atoms with Crippen molar-refractivity contribution in [3.8, 4) is 0 Å².